The molecule has 166 valence electrons. The number of urea groups is 1. The fourth-order valence-corrected chi connectivity index (χ4v) is 4.81. The van der Waals surface area contributed by atoms with E-state index in [4.69, 9.17) is 9.47 Å². The van der Waals surface area contributed by atoms with E-state index in [2.05, 4.69) is 21.3 Å². The summed E-state index contributed by atoms with van der Waals surface area (Å²) in [6.07, 6.45) is 2.84. The quantitative estimate of drug-likeness (QED) is 0.290. The fraction of sp³-hybridized carbons (Fsp3) is 0.842. The topological polar surface area (TPSA) is 118 Å². The van der Waals surface area contributed by atoms with Gasteiger partial charge >= 0.3 is 12.1 Å². The Morgan fingerprint density at radius 1 is 1.14 bits per heavy atom. The number of rotatable bonds is 11. The molecule has 2 rings (SSSR count). The summed E-state index contributed by atoms with van der Waals surface area (Å²) < 4.78 is 10.5. The molecule has 4 N–H and O–H groups in total. The van der Waals surface area contributed by atoms with Gasteiger partial charge in [0.25, 0.3) is 0 Å². The molecule has 0 radical (unpaired) electrons. The van der Waals surface area contributed by atoms with E-state index in [9.17, 15) is 14.4 Å². The molecule has 9 nitrogen and oxygen atoms in total. The van der Waals surface area contributed by atoms with Gasteiger partial charge < -0.3 is 30.7 Å². The van der Waals surface area contributed by atoms with Gasteiger partial charge in [-0.1, -0.05) is 6.42 Å². The third-order valence-corrected chi connectivity index (χ3v) is 6.07. The Kier molecular flexibility index (Phi) is 9.35. The molecule has 29 heavy (non-hydrogen) atoms. The maximum Gasteiger partial charge on any atom is 0.407 e. The van der Waals surface area contributed by atoms with Gasteiger partial charge in [0.1, 0.15) is 5.60 Å². The molecule has 4 amide bonds. The van der Waals surface area contributed by atoms with Gasteiger partial charge in [0.15, 0.2) is 0 Å². The second-order valence-electron chi connectivity index (χ2n) is 8.26. The summed E-state index contributed by atoms with van der Waals surface area (Å²) in [5.74, 6) is 0.982. The number of carbonyl (C=O) groups excluding carboxylic acids is 3. The Morgan fingerprint density at radius 3 is 2.59 bits per heavy atom. The Hall–Kier alpha value is -1.68. The van der Waals surface area contributed by atoms with Crippen LogP contribution in [0.4, 0.5) is 9.59 Å². The molecule has 2 saturated heterocycles. The molecule has 3 atom stereocenters. The van der Waals surface area contributed by atoms with Gasteiger partial charge in [0.05, 0.1) is 25.3 Å². The molecule has 0 aromatic rings. The van der Waals surface area contributed by atoms with E-state index in [1.54, 1.807) is 20.8 Å². The number of carbonyl (C=O) groups is 3. The summed E-state index contributed by atoms with van der Waals surface area (Å²) >= 11 is 1.89. The Bertz CT molecular complexity index is 569. The predicted octanol–water partition coefficient (Wildman–Crippen LogP) is 1.37. The van der Waals surface area contributed by atoms with Crippen LogP contribution in [-0.4, -0.2) is 73.0 Å². The van der Waals surface area contributed by atoms with Crippen LogP contribution in [0.1, 0.15) is 46.5 Å². The number of amides is 4. The van der Waals surface area contributed by atoms with Crippen LogP contribution in [0.25, 0.3) is 0 Å². The van der Waals surface area contributed by atoms with Crippen LogP contribution in [0, 0.1) is 0 Å². The predicted molar refractivity (Wildman–Crippen MR) is 112 cm³/mol. The Labute approximate surface area is 176 Å². The first-order valence-corrected chi connectivity index (χ1v) is 11.3. The first kappa shape index (κ1) is 23.6. The van der Waals surface area contributed by atoms with Crippen molar-refractivity contribution in [1.29, 1.82) is 0 Å². The molecule has 2 fully saturated rings. The highest BCUT2D eigenvalue weighted by atomic mass is 32.2. The number of thioether (sulfide) groups is 1. The zero-order valence-corrected chi connectivity index (χ0v) is 18.4. The van der Waals surface area contributed by atoms with Crippen LogP contribution < -0.4 is 21.3 Å². The zero-order chi connectivity index (χ0) is 21.3. The average molecular weight is 431 g/mol. The van der Waals surface area contributed by atoms with E-state index in [-0.39, 0.29) is 24.0 Å². The molecule has 2 heterocycles. The minimum atomic E-state index is -0.517. The maximum absolute atomic E-state index is 11.9. The second-order valence-corrected chi connectivity index (χ2v) is 9.53. The highest BCUT2D eigenvalue weighted by molar-refractivity contribution is 8.00. The van der Waals surface area contributed by atoms with Crippen molar-refractivity contribution in [3.05, 3.63) is 0 Å². The van der Waals surface area contributed by atoms with Gasteiger partial charge in [-0.05, 0) is 33.6 Å². The van der Waals surface area contributed by atoms with Gasteiger partial charge in [0, 0.05) is 30.5 Å². The molecule has 10 heteroatoms. The maximum atomic E-state index is 11.9. The molecular formula is C19H34N4O5S. The molecule has 0 aromatic carbocycles. The lowest BCUT2D eigenvalue weighted by atomic mass is 10.0. The zero-order valence-electron chi connectivity index (χ0n) is 17.5. The average Bonchev–Trinajstić information content (AvgIpc) is 3.15. The molecular weight excluding hydrogens is 396 g/mol. The van der Waals surface area contributed by atoms with Crippen molar-refractivity contribution in [3.63, 3.8) is 0 Å². The van der Waals surface area contributed by atoms with E-state index in [0.717, 1.165) is 25.0 Å². The third kappa shape index (κ3) is 9.12. The molecule has 0 spiro atoms. The molecule has 2 aliphatic rings. The lowest BCUT2D eigenvalue weighted by molar-refractivity contribution is -0.121. The molecule has 2 aliphatic heterocycles. The number of fused-ring (bicyclic) bond motifs is 1. The number of alkyl carbamates (subject to hydrolysis) is 1. The minimum absolute atomic E-state index is 0.0215. The van der Waals surface area contributed by atoms with E-state index in [0.29, 0.717) is 38.0 Å². The number of unbranched alkanes of at least 4 members (excludes halogenated alkanes) is 1. The SMILES string of the molecule is CC(C)(C)OC(=O)NCCOCCNC(=O)CCCC[C@@H]1SC[C@@H]2NC(=O)N[C@@H]21. The number of ether oxygens (including phenoxy) is 2. The van der Waals surface area contributed by atoms with Crippen molar-refractivity contribution in [2.24, 2.45) is 0 Å². The second kappa shape index (κ2) is 11.5. The largest absolute Gasteiger partial charge is 0.444 e. The van der Waals surface area contributed by atoms with Crippen molar-refractivity contribution in [2.75, 3.05) is 32.1 Å². The standard InChI is InChI=1S/C19H34N4O5S/c1-19(2,3)28-18(26)21-9-11-27-10-8-20-15(24)7-5-4-6-14-16-13(12-29-14)22-17(25)23-16/h13-14,16H,4-12H2,1-3H3,(H,20,24)(H,21,26)(H2,22,23,25)/t13-,14-,16-/m0/s1. The summed E-state index contributed by atoms with van der Waals surface area (Å²) in [6, 6.07) is 0.413. The summed E-state index contributed by atoms with van der Waals surface area (Å²) in [6.45, 7) is 6.99. The molecule has 0 unspecified atom stereocenters. The van der Waals surface area contributed by atoms with Gasteiger partial charge in [0.2, 0.25) is 5.91 Å². The highest BCUT2D eigenvalue weighted by Gasteiger charge is 2.42. The van der Waals surface area contributed by atoms with Crippen LogP contribution in [-0.2, 0) is 14.3 Å². The van der Waals surface area contributed by atoms with E-state index in [1.165, 1.54) is 0 Å². The molecule has 0 bridgehead atoms. The Balaban J connectivity index is 1.40. The van der Waals surface area contributed by atoms with Crippen LogP contribution in [0.5, 0.6) is 0 Å². The van der Waals surface area contributed by atoms with Gasteiger partial charge in [-0.3, -0.25) is 4.79 Å². The molecule has 0 aromatic heterocycles. The smallest absolute Gasteiger partial charge is 0.407 e. The van der Waals surface area contributed by atoms with E-state index < -0.39 is 11.7 Å². The number of hydrogen-bond donors (Lipinski definition) is 4. The number of hydrogen-bond acceptors (Lipinski definition) is 6. The van der Waals surface area contributed by atoms with Crippen molar-refractivity contribution >= 4 is 29.8 Å². The summed E-state index contributed by atoms with van der Waals surface area (Å²) in [7, 11) is 0. The monoisotopic (exact) mass is 430 g/mol. The van der Waals surface area contributed by atoms with Crippen LogP contribution in [0.3, 0.4) is 0 Å². The fourth-order valence-electron chi connectivity index (χ4n) is 3.27. The summed E-state index contributed by atoms with van der Waals surface area (Å²) in [4.78, 5) is 34.7. The lowest BCUT2D eigenvalue weighted by Gasteiger charge is -2.19. The summed E-state index contributed by atoms with van der Waals surface area (Å²) in [5, 5.41) is 11.8. The highest BCUT2D eigenvalue weighted by Crippen LogP contribution is 2.33. The lowest BCUT2D eigenvalue weighted by Crippen LogP contribution is -2.36. The normalized spacial score (nSPS) is 23.1. The van der Waals surface area contributed by atoms with Crippen molar-refractivity contribution < 1.29 is 23.9 Å². The van der Waals surface area contributed by atoms with Crippen molar-refractivity contribution in [1.82, 2.24) is 21.3 Å². The number of nitrogens with one attached hydrogen (secondary N) is 4. The third-order valence-electron chi connectivity index (χ3n) is 4.56. The molecule has 0 aliphatic carbocycles. The van der Waals surface area contributed by atoms with E-state index in [1.807, 2.05) is 11.8 Å². The first-order valence-electron chi connectivity index (χ1n) is 10.2. The van der Waals surface area contributed by atoms with Crippen molar-refractivity contribution in [2.45, 2.75) is 69.4 Å². The van der Waals surface area contributed by atoms with E-state index >= 15 is 0 Å². The van der Waals surface area contributed by atoms with Crippen molar-refractivity contribution in [3.8, 4) is 0 Å². The van der Waals surface area contributed by atoms with Crippen LogP contribution >= 0.6 is 11.8 Å². The summed E-state index contributed by atoms with van der Waals surface area (Å²) in [5.41, 5.74) is -0.517. The van der Waals surface area contributed by atoms with Gasteiger partial charge in [-0.2, -0.15) is 11.8 Å². The molecule has 0 saturated carbocycles. The van der Waals surface area contributed by atoms with Crippen LogP contribution in [0.2, 0.25) is 0 Å². The van der Waals surface area contributed by atoms with Gasteiger partial charge in [-0.15, -0.1) is 0 Å². The van der Waals surface area contributed by atoms with Crippen LogP contribution in [0.15, 0.2) is 0 Å². The minimum Gasteiger partial charge on any atom is -0.444 e. The first-order chi connectivity index (χ1) is 13.7. The van der Waals surface area contributed by atoms with Gasteiger partial charge in [-0.25, -0.2) is 9.59 Å². The Morgan fingerprint density at radius 2 is 1.86 bits per heavy atom.